The van der Waals surface area contributed by atoms with Crippen LogP contribution in [0, 0.1) is 0 Å². The summed E-state index contributed by atoms with van der Waals surface area (Å²) in [6, 6.07) is 0. The van der Waals surface area contributed by atoms with E-state index >= 15 is 0 Å². The van der Waals surface area contributed by atoms with Gasteiger partial charge in [-0.3, -0.25) is 4.99 Å². The van der Waals surface area contributed by atoms with Crippen molar-refractivity contribution in [1.29, 1.82) is 0 Å². The van der Waals surface area contributed by atoms with Crippen LogP contribution in [-0.2, 0) is 0 Å². The molecule has 0 saturated carbocycles. The molecule has 0 saturated heterocycles. The van der Waals surface area contributed by atoms with E-state index in [1.54, 1.807) is 0 Å². The molecule has 0 aliphatic carbocycles. The van der Waals surface area contributed by atoms with Gasteiger partial charge in [-0.05, 0) is 6.42 Å². The lowest BCUT2D eigenvalue weighted by molar-refractivity contribution is 0.655. The summed E-state index contributed by atoms with van der Waals surface area (Å²) in [4.78, 5) is 4.32. The molecule has 0 bridgehead atoms. The summed E-state index contributed by atoms with van der Waals surface area (Å²) in [6.07, 6.45) is 5.31. The van der Waals surface area contributed by atoms with Crippen LogP contribution < -0.4 is 5.32 Å². The van der Waals surface area contributed by atoms with Crippen molar-refractivity contribution in [1.82, 2.24) is 5.32 Å². The highest BCUT2D eigenvalue weighted by molar-refractivity contribution is 8.14. The quantitative estimate of drug-likeness (QED) is 0.666. The fourth-order valence-electron chi connectivity index (χ4n) is 1.19. The molecule has 0 amide bonds. The lowest BCUT2D eigenvalue weighted by Gasteiger charge is -2.03. The first-order valence-corrected chi connectivity index (χ1v) is 5.83. The van der Waals surface area contributed by atoms with Gasteiger partial charge < -0.3 is 5.32 Å². The zero-order chi connectivity index (χ0) is 8.65. The van der Waals surface area contributed by atoms with Gasteiger partial charge in [0.15, 0.2) is 5.17 Å². The van der Waals surface area contributed by atoms with Crippen molar-refractivity contribution in [3.63, 3.8) is 0 Å². The van der Waals surface area contributed by atoms with Gasteiger partial charge in [0, 0.05) is 12.3 Å². The van der Waals surface area contributed by atoms with Crippen LogP contribution in [0.4, 0.5) is 0 Å². The standard InChI is InChI=1S/C9H18N2S/c1-2-3-4-5-6-10-9-11-7-8-12-9/h2-8H2,1H3,(H,10,11). The third-order valence-electron chi connectivity index (χ3n) is 1.89. The highest BCUT2D eigenvalue weighted by atomic mass is 32.2. The Labute approximate surface area is 79.2 Å². The molecular weight excluding hydrogens is 168 g/mol. The molecule has 1 aliphatic heterocycles. The van der Waals surface area contributed by atoms with Crippen LogP contribution in [0.25, 0.3) is 0 Å². The second kappa shape index (κ2) is 6.35. The molecule has 1 aliphatic rings. The number of hydrogen-bond donors (Lipinski definition) is 1. The molecule has 1 heterocycles. The van der Waals surface area contributed by atoms with E-state index in [-0.39, 0.29) is 0 Å². The molecule has 0 unspecified atom stereocenters. The van der Waals surface area contributed by atoms with Crippen LogP contribution >= 0.6 is 11.8 Å². The van der Waals surface area contributed by atoms with Crippen molar-refractivity contribution in [2.24, 2.45) is 4.99 Å². The number of thioether (sulfide) groups is 1. The third kappa shape index (κ3) is 4.00. The minimum Gasteiger partial charge on any atom is -0.365 e. The summed E-state index contributed by atoms with van der Waals surface area (Å²) < 4.78 is 0. The SMILES string of the molecule is CCCCCCNC1=NCCS1. The number of amidine groups is 1. The first-order chi connectivity index (χ1) is 5.93. The molecule has 0 aromatic carbocycles. The van der Waals surface area contributed by atoms with E-state index in [0.717, 1.165) is 24.0 Å². The zero-order valence-electron chi connectivity index (χ0n) is 7.81. The maximum absolute atomic E-state index is 4.32. The molecular formula is C9H18N2S. The monoisotopic (exact) mass is 186 g/mol. The van der Waals surface area contributed by atoms with Crippen LogP contribution in [0.15, 0.2) is 4.99 Å². The van der Waals surface area contributed by atoms with Crippen molar-refractivity contribution in [3.8, 4) is 0 Å². The molecule has 1 N–H and O–H groups in total. The van der Waals surface area contributed by atoms with Crippen molar-refractivity contribution < 1.29 is 0 Å². The lowest BCUT2D eigenvalue weighted by atomic mass is 10.2. The maximum atomic E-state index is 4.32. The molecule has 0 spiro atoms. The van der Waals surface area contributed by atoms with Crippen molar-refractivity contribution >= 4 is 16.9 Å². The number of aliphatic imine (C=N–C) groups is 1. The van der Waals surface area contributed by atoms with Crippen molar-refractivity contribution in [3.05, 3.63) is 0 Å². The van der Waals surface area contributed by atoms with Crippen LogP contribution in [0.2, 0.25) is 0 Å². The summed E-state index contributed by atoms with van der Waals surface area (Å²) in [6.45, 7) is 4.35. The first kappa shape index (κ1) is 9.90. The number of unbranched alkanes of at least 4 members (excludes halogenated alkanes) is 3. The molecule has 2 nitrogen and oxygen atoms in total. The molecule has 0 fully saturated rings. The molecule has 70 valence electrons. The molecule has 0 aromatic heterocycles. The minimum absolute atomic E-state index is 1.00. The first-order valence-electron chi connectivity index (χ1n) is 4.84. The average Bonchev–Trinajstić information content (AvgIpc) is 2.57. The fraction of sp³-hybridized carbons (Fsp3) is 0.889. The topological polar surface area (TPSA) is 24.4 Å². The number of hydrogen-bond acceptors (Lipinski definition) is 3. The third-order valence-corrected chi connectivity index (χ3v) is 2.83. The van der Waals surface area contributed by atoms with Gasteiger partial charge in [-0.2, -0.15) is 0 Å². The van der Waals surface area contributed by atoms with Crippen LogP contribution in [0.1, 0.15) is 32.6 Å². The summed E-state index contributed by atoms with van der Waals surface area (Å²) in [7, 11) is 0. The Morgan fingerprint density at radius 3 is 3.00 bits per heavy atom. The van der Waals surface area contributed by atoms with E-state index < -0.39 is 0 Å². The molecule has 0 aromatic rings. The smallest absolute Gasteiger partial charge is 0.156 e. The maximum Gasteiger partial charge on any atom is 0.156 e. The number of nitrogens with one attached hydrogen (secondary N) is 1. The van der Waals surface area contributed by atoms with Gasteiger partial charge in [-0.25, -0.2) is 0 Å². The fourth-order valence-corrected chi connectivity index (χ4v) is 1.95. The highest BCUT2D eigenvalue weighted by Gasteiger charge is 2.04. The Morgan fingerprint density at radius 2 is 2.33 bits per heavy atom. The highest BCUT2D eigenvalue weighted by Crippen LogP contribution is 2.08. The predicted molar refractivity (Wildman–Crippen MR) is 56.9 cm³/mol. The van der Waals surface area contributed by atoms with E-state index in [1.165, 1.54) is 25.7 Å². The average molecular weight is 186 g/mol. The van der Waals surface area contributed by atoms with Crippen molar-refractivity contribution in [2.75, 3.05) is 18.8 Å². The zero-order valence-corrected chi connectivity index (χ0v) is 8.62. The Balaban J connectivity index is 1.88. The Morgan fingerprint density at radius 1 is 1.42 bits per heavy atom. The molecule has 12 heavy (non-hydrogen) atoms. The largest absolute Gasteiger partial charge is 0.365 e. The van der Waals surface area contributed by atoms with E-state index in [4.69, 9.17) is 0 Å². The van der Waals surface area contributed by atoms with E-state index in [2.05, 4.69) is 17.2 Å². The second-order valence-corrected chi connectivity index (χ2v) is 4.11. The van der Waals surface area contributed by atoms with E-state index in [0.29, 0.717) is 0 Å². The summed E-state index contributed by atoms with van der Waals surface area (Å²) >= 11 is 1.85. The summed E-state index contributed by atoms with van der Waals surface area (Å²) in [5.41, 5.74) is 0. The summed E-state index contributed by atoms with van der Waals surface area (Å²) in [5.74, 6) is 1.16. The molecule has 0 atom stereocenters. The van der Waals surface area contributed by atoms with Gasteiger partial charge in [-0.1, -0.05) is 37.9 Å². The molecule has 1 rings (SSSR count). The van der Waals surface area contributed by atoms with Gasteiger partial charge in [0.25, 0.3) is 0 Å². The van der Waals surface area contributed by atoms with Crippen LogP contribution in [0.5, 0.6) is 0 Å². The Hall–Kier alpha value is -0.180. The predicted octanol–water partition coefficient (Wildman–Crippen LogP) is 2.26. The van der Waals surface area contributed by atoms with Gasteiger partial charge in [0.05, 0.1) is 6.54 Å². The lowest BCUT2D eigenvalue weighted by Crippen LogP contribution is -2.19. The Bertz CT molecular complexity index is 145. The molecule has 3 heteroatoms. The van der Waals surface area contributed by atoms with E-state index in [9.17, 15) is 0 Å². The number of rotatable bonds is 5. The van der Waals surface area contributed by atoms with Gasteiger partial charge >= 0.3 is 0 Å². The van der Waals surface area contributed by atoms with Crippen molar-refractivity contribution in [2.45, 2.75) is 32.6 Å². The number of nitrogens with zero attached hydrogens (tertiary/aromatic N) is 1. The minimum atomic E-state index is 1.00. The van der Waals surface area contributed by atoms with Crippen LogP contribution in [-0.4, -0.2) is 24.0 Å². The second-order valence-electron chi connectivity index (χ2n) is 3.02. The summed E-state index contributed by atoms with van der Waals surface area (Å²) in [5, 5.41) is 4.51. The van der Waals surface area contributed by atoms with Gasteiger partial charge in [0.1, 0.15) is 0 Å². The Kier molecular flexibility index (Phi) is 5.24. The molecule has 0 radical (unpaired) electrons. The van der Waals surface area contributed by atoms with Gasteiger partial charge in [-0.15, -0.1) is 0 Å². The van der Waals surface area contributed by atoms with Crippen LogP contribution in [0.3, 0.4) is 0 Å². The normalized spacial score (nSPS) is 16.2. The van der Waals surface area contributed by atoms with Gasteiger partial charge in [0.2, 0.25) is 0 Å². The van der Waals surface area contributed by atoms with E-state index in [1.807, 2.05) is 11.8 Å².